The second kappa shape index (κ2) is 5.31. The minimum Gasteiger partial charge on any atom is -0.478 e. The van der Waals surface area contributed by atoms with Gasteiger partial charge in [-0.25, -0.2) is 4.79 Å². The van der Waals surface area contributed by atoms with Gasteiger partial charge in [0.2, 0.25) is 0 Å². The van der Waals surface area contributed by atoms with Crippen LogP contribution in [0.1, 0.15) is 60.2 Å². The third kappa shape index (κ3) is 2.21. The van der Waals surface area contributed by atoms with Crippen LogP contribution in [0.15, 0.2) is 12.3 Å². The van der Waals surface area contributed by atoms with Crippen LogP contribution < -0.4 is 0 Å². The summed E-state index contributed by atoms with van der Waals surface area (Å²) in [6.07, 6.45) is 3.27. The van der Waals surface area contributed by atoms with Gasteiger partial charge in [-0.1, -0.05) is 20.8 Å². The normalized spacial score (nSPS) is 11.5. The molecule has 108 valence electrons. The van der Waals surface area contributed by atoms with Crippen LogP contribution in [0.4, 0.5) is 0 Å². The summed E-state index contributed by atoms with van der Waals surface area (Å²) in [5.74, 6) is -0.455. The highest BCUT2D eigenvalue weighted by Gasteiger charge is 2.19. The zero-order valence-electron chi connectivity index (χ0n) is 12.9. The fourth-order valence-corrected chi connectivity index (χ4v) is 3.00. The van der Waals surface area contributed by atoms with Crippen LogP contribution in [0.5, 0.6) is 0 Å². The van der Waals surface area contributed by atoms with Gasteiger partial charge in [-0.05, 0) is 48.9 Å². The number of aromatic nitrogens is 1. The number of fused-ring (bicyclic) bond motifs is 1. The van der Waals surface area contributed by atoms with Gasteiger partial charge < -0.3 is 9.67 Å². The Morgan fingerprint density at radius 2 is 2.00 bits per heavy atom. The molecule has 2 aromatic rings. The highest BCUT2D eigenvalue weighted by Crippen LogP contribution is 2.34. The third-order valence-electron chi connectivity index (χ3n) is 3.94. The van der Waals surface area contributed by atoms with Gasteiger partial charge in [0.25, 0.3) is 0 Å². The topological polar surface area (TPSA) is 42.2 Å². The van der Waals surface area contributed by atoms with E-state index in [1.807, 2.05) is 13.8 Å². The van der Waals surface area contributed by atoms with E-state index >= 15 is 0 Å². The van der Waals surface area contributed by atoms with Crippen LogP contribution in [-0.4, -0.2) is 15.6 Å². The molecule has 0 radical (unpaired) electrons. The molecule has 0 aliphatic heterocycles. The molecule has 0 saturated heterocycles. The summed E-state index contributed by atoms with van der Waals surface area (Å²) >= 11 is 0. The predicted molar refractivity (Wildman–Crippen MR) is 82.8 cm³/mol. The molecule has 0 atom stereocenters. The molecule has 1 aromatic heterocycles. The van der Waals surface area contributed by atoms with E-state index in [4.69, 9.17) is 0 Å². The summed E-state index contributed by atoms with van der Waals surface area (Å²) in [5.41, 5.74) is 4.79. The Balaban J connectivity index is 2.90. The lowest BCUT2D eigenvalue weighted by molar-refractivity contribution is 0.0696. The Labute approximate surface area is 120 Å². The average molecular weight is 273 g/mol. The SMILES string of the molecule is CCCn1cc(C(C)C)c2c(C)c(C(=O)O)cc(C)c21. The van der Waals surface area contributed by atoms with Gasteiger partial charge in [0.15, 0.2) is 0 Å². The molecule has 0 aliphatic carbocycles. The molecule has 0 bridgehead atoms. The Kier molecular flexibility index (Phi) is 3.89. The number of hydrogen-bond acceptors (Lipinski definition) is 1. The van der Waals surface area contributed by atoms with Crippen molar-refractivity contribution in [3.63, 3.8) is 0 Å². The van der Waals surface area contributed by atoms with E-state index in [9.17, 15) is 9.90 Å². The Bertz CT molecular complexity index is 665. The highest BCUT2D eigenvalue weighted by molar-refractivity contribution is 6.00. The number of hydrogen-bond donors (Lipinski definition) is 1. The molecule has 0 saturated carbocycles. The second-order valence-corrected chi connectivity index (χ2v) is 5.83. The maximum atomic E-state index is 11.4. The minimum atomic E-state index is -0.842. The van der Waals surface area contributed by atoms with Crippen LogP contribution in [0.3, 0.4) is 0 Å². The van der Waals surface area contributed by atoms with Gasteiger partial charge in [-0.3, -0.25) is 0 Å². The van der Waals surface area contributed by atoms with Crippen LogP contribution >= 0.6 is 0 Å². The number of aromatic carboxylic acids is 1. The standard InChI is InChI=1S/C17H23NO2/c1-6-7-18-9-14(10(2)3)15-12(5)13(17(19)20)8-11(4)16(15)18/h8-10H,6-7H2,1-5H3,(H,19,20). The van der Waals surface area contributed by atoms with Crippen molar-refractivity contribution in [2.24, 2.45) is 0 Å². The number of rotatable bonds is 4. The first kappa shape index (κ1) is 14.6. The van der Waals surface area contributed by atoms with Gasteiger partial charge in [-0.2, -0.15) is 0 Å². The van der Waals surface area contributed by atoms with Gasteiger partial charge in [0.1, 0.15) is 0 Å². The van der Waals surface area contributed by atoms with Crippen molar-refractivity contribution in [2.75, 3.05) is 0 Å². The Morgan fingerprint density at radius 3 is 2.50 bits per heavy atom. The summed E-state index contributed by atoms with van der Waals surface area (Å²) in [6, 6.07) is 1.80. The third-order valence-corrected chi connectivity index (χ3v) is 3.94. The summed E-state index contributed by atoms with van der Waals surface area (Å²) < 4.78 is 2.28. The molecule has 3 nitrogen and oxygen atoms in total. The van der Waals surface area contributed by atoms with E-state index in [-0.39, 0.29) is 0 Å². The van der Waals surface area contributed by atoms with E-state index in [0.29, 0.717) is 11.5 Å². The number of carboxylic acid groups (broad SMARTS) is 1. The average Bonchev–Trinajstić information content (AvgIpc) is 2.74. The zero-order chi connectivity index (χ0) is 15.0. The number of carboxylic acids is 1. The summed E-state index contributed by atoms with van der Waals surface area (Å²) in [7, 11) is 0. The van der Waals surface area contributed by atoms with Crippen LogP contribution in [0.2, 0.25) is 0 Å². The number of carbonyl (C=O) groups is 1. The van der Waals surface area contributed by atoms with Crippen LogP contribution in [0.25, 0.3) is 10.9 Å². The minimum absolute atomic E-state index is 0.387. The first-order valence-electron chi connectivity index (χ1n) is 7.24. The molecule has 0 aliphatic rings. The molecule has 1 N–H and O–H groups in total. The zero-order valence-corrected chi connectivity index (χ0v) is 12.9. The summed E-state index contributed by atoms with van der Waals surface area (Å²) in [5, 5.41) is 10.5. The lowest BCUT2D eigenvalue weighted by Gasteiger charge is -2.11. The molecule has 1 aromatic carbocycles. The Hall–Kier alpha value is -1.77. The van der Waals surface area contributed by atoms with Crippen molar-refractivity contribution in [1.82, 2.24) is 4.57 Å². The lowest BCUT2D eigenvalue weighted by Crippen LogP contribution is -2.03. The number of nitrogens with zero attached hydrogens (tertiary/aromatic N) is 1. The van der Waals surface area contributed by atoms with Gasteiger partial charge >= 0.3 is 5.97 Å². The fraction of sp³-hybridized carbons (Fsp3) is 0.471. The van der Waals surface area contributed by atoms with Crippen molar-refractivity contribution in [1.29, 1.82) is 0 Å². The molecule has 20 heavy (non-hydrogen) atoms. The maximum absolute atomic E-state index is 11.4. The molecular formula is C17H23NO2. The van der Waals surface area contributed by atoms with E-state index in [1.54, 1.807) is 6.07 Å². The van der Waals surface area contributed by atoms with Crippen molar-refractivity contribution < 1.29 is 9.90 Å². The molecule has 2 rings (SSSR count). The first-order valence-corrected chi connectivity index (χ1v) is 7.24. The highest BCUT2D eigenvalue weighted by atomic mass is 16.4. The molecule has 1 heterocycles. The first-order chi connectivity index (χ1) is 9.38. The van der Waals surface area contributed by atoms with Gasteiger partial charge in [0, 0.05) is 18.1 Å². The second-order valence-electron chi connectivity index (χ2n) is 5.83. The lowest BCUT2D eigenvalue weighted by atomic mass is 9.94. The van der Waals surface area contributed by atoms with E-state index in [2.05, 4.69) is 31.5 Å². The smallest absolute Gasteiger partial charge is 0.335 e. The molecular weight excluding hydrogens is 250 g/mol. The van der Waals surface area contributed by atoms with Gasteiger partial charge in [-0.15, -0.1) is 0 Å². The van der Waals surface area contributed by atoms with Crippen molar-refractivity contribution in [2.45, 2.75) is 53.5 Å². The quantitative estimate of drug-likeness (QED) is 0.891. The molecule has 0 amide bonds. The number of aryl methyl sites for hydroxylation is 3. The Morgan fingerprint density at radius 1 is 1.35 bits per heavy atom. The molecule has 0 unspecified atom stereocenters. The predicted octanol–water partition coefficient (Wildman–Crippen LogP) is 4.49. The monoisotopic (exact) mass is 273 g/mol. The maximum Gasteiger partial charge on any atom is 0.335 e. The van der Waals surface area contributed by atoms with Crippen LogP contribution in [0, 0.1) is 13.8 Å². The van der Waals surface area contributed by atoms with Crippen molar-refractivity contribution in [3.05, 3.63) is 34.5 Å². The fourth-order valence-electron chi connectivity index (χ4n) is 3.00. The van der Waals surface area contributed by atoms with E-state index < -0.39 is 5.97 Å². The molecule has 0 spiro atoms. The van der Waals surface area contributed by atoms with Crippen LogP contribution in [-0.2, 0) is 6.54 Å². The van der Waals surface area contributed by atoms with Crippen molar-refractivity contribution in [3.8, 4) is 0 Å². The van der Waals surface area contributed by atoms with E-state index in [0.717, 1.165) is 29.5 Å². The van der Waals surface area contributed by atoms with E-state index in [1.165, 1.54) is 11.1 Å². The molecule has 3 heteroatoms. The van der Waals surface area contributed by atoms with Crippen molar-refractivity contribution >= 4 is 16.9 Å². The summed E-state index contributed by atoms with van der Waals surface area (Å²) in [6.45, 7) is 11.4. The largest absolute Gasteiger partial charge is 0.478 e. The summed E-state index contributed by atoms with van der Waals surface area (Å²) in [4.78, 5) is 11.4. The number of benzene rings is 1. The van der Waals surface area contributed by atoms with Gasteiger partial charge in [0.05, 0.1) is 11.1 Å². The molecule has 0 fully saturated rings.